The highest BCUT2D eigenvalue weighted by Crippen LogP contribution is 1.92. The number of carboxylic acids is 1. The van der Waals surface area contributed by atoms with E-state index in [4.69, 9.17) is 10.2 Å². The molecule has 13 heavy (non-hydrogen) atoms. The molecule has 0 bridgehead atoms. The van der Waals surface area contributed by atoms with Crippen LogP contribution in [0.1, 0.15) is 6.92 Å². The summed E-state index contributed by atoms with van der Waals surface area (Å²) in [5, 5.41) is 22.3. The quantitative estimate of drug-likeness (QED) is 0.408. The van der Waals surface area contributed by atoms with Gasteiger partial charge >= 0.3 is 5.97 Å². The molecule has 0 aromatic heterocycles. The van der Waals surface area contributed by atoms with Crippen molar-refractivity contribution in [3.05, 3.63) is 0 Å². The van der Waals surface area contributed by atoms with E-state index in [9.17, 15) is 9.59 Å². The van der Waals surface area contributed by atoms with Crippen molar-refractivity contribution >= 4 is 11.9 Å². The predicted octanol–water partition coefficient (Wildman–Crippen LogP) is -1.84. The highest BCUT2D eigenvalue weighted by Gasteiger charge is 2.24. The van der Waals surface area contributed by atoms with Crippen molar-refractivity contribution in [3.8, 4) is 0 Å². The van der Waals surface area contributed by atoms with Crippen molar-refractivity contribution in [3.63, 3.8) is 0 Å². The lowest BCUT2D eigenvalue weighted by atomic mass is 10.2. The lowest BCUT2D eigenvalue weighted by molar-refractivity contribution is -0.144. The summed E-state index contributed by atoms with van der Waals surface area (Å²) in [6.45, 7) is 1.33. The highest BCUT2D eigenvalue weighted by molar-refractivity contribution is 5.84. The molecule has 0 aliphatic carbocycles. The molecule has 0 aromatic carbocycles. The van der Waals surface area contributed by atoms with Crippen molar-refractivity contribution in [1.29, 1.82) is 0 Å². The molecule has 2 atom stereocenters. The Morgan fingerprint density at radius 3 is 2.31 bits per heavy atom. The van der Waals surface area contributed by atoms with Gasteiger partial charge in [0.1, 0.15) is 0 Å². The minimum atomic E-state index is -1.25. The standard InChI is InChI=1S/C7H14N2O4/c1-4(10)6(7(12)13)9-5(11)3-8-2/h4,6,8,10H,3H2,1-2H3,(H,9,11)(H,12,13)/t4-,6+/m1/s1. The Balaban J connectivity index is 4.10. The second kappa shape index (κ2) is 5.50. The molecular formula is C7H14N2O4. The number of nitrogens with one attached hydrogen (secondary N) is 2. The van der Waals surface area contributed by atoms with Crippen LogP contribution in [-0.2, 0) is 9.59 Å². The molecule has 0 saturated carbocycles. The summed E-state index contributed by atoms with van der Waals surface area (Å²) in [5.74, 6) is -1.71. The number of amides is 1. The second-order valence-corrected chi connectivity index (χ2v) is 2.65. The smallest absolute Gasteiger partial charge is 0.328 e. The Bertz CT molecular complexity index is 193. The average molecular weight is 190 g/mol. The van der Waals surface area contributed by atoms with E-state index < -0.39 is 24.0 Å². The fourth-order valence-corrected chi connectivity index (χ4v) is 0.774. The number of aliphatic hydroxyl groups excluding tert-OH is 1. The molecule has 0 saturated heterocycles. The van der Waals surface area contributed by atoms with E-state index in [1.807, 2.05) is 0 Å². The molecule has 6 nitrogen and oxygen atoms in total. The van der Waals surface area contributed by atoms with E-state index in [1.54, 1.807) is 7.05 Å². The van der Waals surface area contributed by atoms with E-state index in [2.05, 4.69) is 10.6 Å². The van der Waals surface area contributed by atoms with Crippen LogP contribution in [0.2, 0.25) is 0 Å². The van der Waals surface area contributed by atoms with E-state index >= 15 is 0 Å². The SMILES string of the molecule is CNCC(=O)N[C@H](C(=O)O)[C@@H](C)O. The monoisotopic (exact) mass is 190 g/mol. The largest absolute Gasteiger partial charge is 0.480 e. The summed E-state index contributed by atoms with van der Waals surface area (Å²) < 4.78 is 0. The molecular weight excluding hydrogens is 176 g/mol. The van der Waals surface area contributed by atoms with Gasteiger partial charge in [-0.2, -0.15) is 0 Å². The van der Waals surface area contributed by atoms with Crippen LogP contribution in [0.15, 0.2) is 0 Å². The minimum absolute atomic E-state index is 0.0243. The van der Waals surface area contributed by atoms with Gasteiger partial charge in [0.05, 0.1) is 12.6 Å². The fourth-order valence-electron chi connectivity index (χ4n) is 0.774. The Hall–Kier alpha value is -1.14. The summed E-state index contributed by atoms with van der Waals surface area (Å²) in [7, 11) is 1.57. The van der Waals surface area contributed by atoms with Gasteiger partial charge in [0.15, 0.2) is 6.04 Å². The third kappa shape index (κ3) is 4.44. The Morgan fingerprint density at radius 2 is 2.00 bits per heavy atom. The first-order valence-electron chi connectivity index (χ1n) is 3.84. The molecule has 0 spiro atoms. The molecule has 1 amide bonds. The molecule has 0 aliphatic heterocycles. The van der Waals surface area contributed by atoms with E-state index in [0.29, 0.717) is 0 Å². The Kier molecular flexibility index (Phi) is 5.01. The maximum absolute atomic E-state index is 10.9. The molecule has 0 fully saturated rings. The van der Waals surface area contributed by atoms with Gasteiger partial charge < -0.3 is 20.8 Å². The van der Waals surface area contributed by atoms with Crippen LogP contribution in [0.3, 0.4) is 0 Å². The number of carbonyl (C=O) groups excluding carboxylic acids is 1. The fraction of sp³-hybridized carbons (Fsp3) is 0.714. The van der Waals surface area contributed by atoms with Gasteiger partial charge in [0.2, 0.25) is 5.91 Å². The van der Waals surface area contributed by atoms with Gasteiger partial charge in [0.25, 0.3) is 0 Å². The van der Waals surface area contributed by atoms with E-state index in [0.717, 1.165) is 0 Å². The molecule has 0 rings (SSSR count). The number of hydrogen-bond donors (Lipinski definition) is 4. The summed E-state index contributed by atoms with van der Waals surface area (Å²) in [6, 6.07) is -1.25. The van der Waals surface area contributed by atoms with Crippen LogP contribution in [0, 0.1) is 0 Å². The zero-order valence-electron chi connectivity index (χ0n) is 7.57. The van der Waals surface area contributed by atoms with Gasteiger partial charge in [0, 0.05) is 0 Å². The second-order valence-electron chi connectivity index (χ2n) is 2.65. The number of rotatable bonds is 5. The van der Waals surface area contributed by atoms with Gasteiger partial charge in [-0.25, -0.2) is 4.79 Å². The predicted molar refractivity (Wildman–Crippen MR) is 45.2 cm³/mol. The van der Waals surface area contributed by atoms with Crippen LogP contribution in [0.25, 0.3) is 0 Å². The molecule has 76 valence electrons. The van der Waals surface area contributed by atoms with Crippen LogP contribution in [-0.4, -0.2) is 47.8 Å². The molecule has 4 N–H and O–H groups in total. The van der Waals surface area contributed by atoms with Gasteiger partial charge in [-0.3, -0.25) is 4.79 Å². The molecule has 0 unspecified atom stereocenters. The number of aliphatic carboxylic acids is 1. The highest BCUT2D eigenvalue weighted by atomic mass is 16.4. The zero-order valence-corrected chi connectivity index (χ0v) is 7.57. The summed E-state index contributed by atoms with van der Waals surface area (Å²) in [5.41, 5.74) is 0. The maximum atomic E-state index is 10.9. The first-order valence-corrected chi connectivity index (χ1v) is 3.84. The third-order valence-electron chi connectivity index (χ3n) is 1.40. The number of hydrogen-bond acceptors (Lipinski definition) is 4. The minimum Gasteiger partial charge on any atom is -0.480 e. The number of likely N-dealkylation sites (N-methyl/N-ethyl adjacent to an activating group) is 1. The van der Waals surface area contributed by atoms with Crippen molar-refractivity contribution in [2.45, 2.75) is 19.1 Å². The molecule has 6 heteroatoms. The van der Waals surface area contributed by atoms with Crippen LogP contribution >= 0.6 is 0 Å². The first kappa shape index (κ1) is 11.9. The zero-order chi connectivity index (χ0) is 10.4. The van der Waals surface area contributed by atoms with Crippen molar-refractivity contribution in [2.75, 3.05) is 13.6 Å². The van der Waals surface area contributed by atoms with Crippen LogP contribution in [0.5, 0.6) is 0 Å². The lowest BCUT2D eigenvalue weighted by Crippen LogP contribution is -2.49. The molecule has 0 aromatic rings. The van der Waals surface area contributed by atoms with Crippen molar-refractivity contribution in [2.24, 2.45) is 0 Å². The summed E-state index contributed by atoms with van der Waals surface area (Å²) in [4.78, 5) is 21.4. The number of carboxylic acid groups (broad SMARTS) is 1. The molecule has 0 heterocycles. The van der Waals surface area contributed by atoms with Gasteiger partial charge in [-0.05, 0) is 14.0 Å². The maximum Gasteiger partial charge on any atom is 0.328 e. The normalized spacial score (nSPS) is 14.7. The topological polar surface area (TPSA) is 98.7 Å². The van der Waals surface area contributed by atoms with Crippen molar-refractivity contribution in [1.82, 2.24) is 10.6 Å². The van der Waals surface area contributed by atoms with Crippen LogP contribution in [0.4, 0.5) is 0 Å². The Morgan fingerprint density at radius 1 is 1.46 bits per heavy atom. The molecule has 0 radical (unpaired) electrons. The average Bonchev–Trinajstić information content (AvgIpc) is 1.99. The van der Waals surface area contributed by atoms with E-state index in [-0.39, 0.29) is 6.54 Å². The first-order chi connectivity index (χ1) is 5.99. The number of carbonyl (C=O) groups is 2. The lowest BCUT2D eigenvalue weighted by Gasteiger charge is -2.16. The van der Waals surface area contributed by atoms with E-state index in [1.165, 1.54) is 6.92 Å². The molecule has 0 aliphatic rings. The van der Waals surface area contributed by atoms with Crippen molar-refractivity contribution < 1.29 is 19.8 Å². The van der Waals surface area contributed by atoms with Gasteiger partial charge in [-0.1, -0.05) is 0 Å². The summed E-state index contributed by atoms with van der Waals surface area (Å²) >= 11 is 0. The van der Waals surface area contributed by atoms with Gasteiger partial charge in [-0.15, -0.1) is 0 Å². The van der Waals surface area contributed by atoms with Crippen LogP contribution < -0.4 is 10.6 Å². The summed E-state index contributed by atoms with van der Waals surface area (Å²) in [6.07, 6.45) is -1.11. The number of aliphatic hydroxyl groups is 1. The Labute approximate surface area is 75.9 Å². The third-order valence-corrected chi connectivity index (χ3v) is 1.40.